The van der Waals surface area contributed by atoms with Crippen LogP contribution in [0, 0.1) is 0 Å². The maximum absolute atomic E-state index is 5.23. The molecule has 0 aromatic carbocycles. The summed E-state index contributed by atoms with van der Waals surface area (Å²) in [6.07, 6.45) is 3.00. The van der Waals surface area contributed by atoms with Crippen LogP contribution in [0.25, 0.3) is 11.5 Å². The molecular formula is C6H5N5O. The summed E-state index contributed by atoms with van der Waals surface area (Å²) < 4.78 is 4.58. The smallest absolute Gasteiger partial charge is 0.319 e. The van der Waals surface area contributed by atoms with E-state index in [1.54, 1.807) is 12.3 Å². The number of aromatic nitrogens is 4. The van der Waals surface area contributed by atoms with Gasteiger partial charge in [0.25, 0.3) is 0 Å². The average Bonchev–Trinajstić information content (AvgIpc) is 2.54. The zero-order valence-electron chi connectivity index (χ0n) is 6.01. The molecule has 0 radical (unpaired) electrons. The molecule has 0 saturated heterocycles. The lowest BCUT2D eigenvalue weighted by Gasteiger charge is -1.87. The lowest BCUT2D eigenvalue weighted by Crippen LogP contribution is -1.87. The minimum Gasteiger partial charge on any atom is -0.351 e. The van der Waals surface area contributed by atoms with Gasteiger partial charge in [-0.3, -0.25) is 0 Å². The average molecular weight is 163 g/mol. The third-order valence-electron chi connectivity index (χ3n) is 1.25. The van der Waals surface area contributed by atoms with Crippen LogP contribution in [0.15, 0.2) is 23.1 Å². The van der Waals surface area contributed by atoms with Crippen molar-refractivity contribution in [3.63, 3.8) is 0 Å². The van der Waals surface area contributed by atoms with Crippen LogP contribution in [0.5, 0.6) is 0 Å². The van der Waals surface area contributed by atoms with E-state index in [1.165, 1.54) is 6.33 Å². The largest absolute Gasteiger partial charge is 0.351 e. The van der Waals surface area contributed by atoms with Gasteiger partial charge in [0.05, 0.1) is 0 Å². The monoisotopic (exact) mass is 163 g/mol. The van der Waals surface area contributed by atoms with Gasteiger partial charge in [-0.1, -0.05) is 5.16 Å². The maximum atomic E-state index is 5.23. The van der Waals surface area contributed by atoms with Crippen LogP contribution in [0.1, 0.15) is 0 Å². The number of nitrogen functional groups attached to an aromatic ring is 1. The highest BCUT2D eigenvalue weighted by atomic mass is 16.5. The van der Waals surface area contributed by atoms with Crippen molar-refractivity contribution in [2.24, 2.45) is 0 Å². The topological polar surface area (TPSA) is 90.7 Å². The second kappa shape index (κ2) is 2.57. The molecule has 6 heteroatoms. The van der Waals surface area contributed by atoms with Crippen molar-refractivity contribution in [2.75, 3.05) is 5.73 Å². The van der Waals surface area contributed by atoms with E-state index < -0.39 is 0 Å². The Morgan fingerprint density at radius 1 is 1.42 bits per heavy atom. The van der Waals surface area contributed by atoms with Crippen molar-refractivity contribution < 1.29 is 4.52 Å². The molecule has 2 heterocycles. The SMILES string of the molecule is Nc1nc(-c2ccncn2)no1. The van der Waals surface area contributed by atoms with Gasteiger partial charge in [-0.25, -0.2) is 9.97 Å². The summed E-state index contributed by atoms with van der Waals surface area (Å²) in [4.78, 5) is 11.5. The zero-order valence-corrected chi connectivity index (χ0v) is 6.01. The Balaban J connectivity index is 2.45. The molecule has 0 aliphatic rings. The predicted octanol–water partition coefficient (Wildman–Crippen LogP) is 0.109. The van der Waals surface area contributed by atoms with Crippen LogP contribution in [0.2, 0.25) is 0 Å². The van der Waals surface area contributed by atoms with Gasteiger partial charge in [-0.05, 0) is 6.07 Å². The van der Waals surface area contributed by atoms with Crippen molar-refractivity contribution in [3.8, 4) is 11.5 Å². The van der Waals surface area contributed by atoms with Crippen LogP contribution < -0.4 is 5.73 Å². The molecule has 0 aliphatic carbocycles. The van der Waals surface area contributed by atoms with E-state index in [9.17, 15) is 0 Å². The summed E-state index contributed by atoms with van der Waals surface area (Å²) in [5, 5.41) is 3.58. The van der Waals surface area contributed by atoms with Crippen LogP contribution in [0.4, 0.5) is 6.01 Å². The summed E-state index contributed by atoms with van der Waals surface area (Å²) in [6, 6.07) is 1.70. The van der Waals surface area contributed by atoms with Crippen LogP contribution in [-0.4, -0.2) is 20.1 Å². The summed E-state index contributed by atoms with van der Waals surface area (Å²) in [5.41, 5.74) is 5.82. The van der Waals surface area contributed by atoms with E-state index >= 15 is 0 Å². The van der Waals surface area contributed by atoms with E-state index in [-0.39, 0.29) is 6.01 Å². The molecule has 0 fully saturated rings. The number of rotatable bonds is 1. The Kier molecular flexibility index (Phi) is 1.44. The molecule has 2 N–H and O–H groups in total. The highest BCUT2D eigenvalue weighted by molar-refractivity contribution is 5.47. The Morgan fingerprint density at radius 2 is 2.33 bits per heavy atom. The normalized spacial score (nSPS) is 10.0. The molecule has 0 atom stereocenters. The van der Waals surface area contributed by atoms with E-state index in [4.69, 9.17) is 5.73 Å². The molecular weight excluding hydrogens is 158 g/mol. The van der Waals surface area contributed by atoms with E-state index in [2.05, 4.69) is 24.6 Å². The van der Waals surface area contributed by atoms with E-state index in [0.29, 0.717) is 11.5 Å². The summed E-state index contributed by atoms with van der Waals surface area (Å²) in [7, 11) is 0. The fourth-order valence-corrected chi connectivity index (χ4v) is 0.762. The fourth-order valence-electron chi connectivity index (χ4n) is 0.762. The molecule has 12 heavy (non-hydrogen) atoms. The zero-order chi connectivity index (χ0) is 8.39. The quantitative estimate of drug-likeness (QED) is 0.641. The van der Waals surface area contributed by atoms with Gasteiger partial charge < -0.3 is 10.3 Å². The number of anilines is 1. The van der Waals surface area contributed by atoms with Gasteiger partial charge in [-0.2, -0.15) is 4.98 Å². The third kappa shape index (κ3) is 1.09. The molecule has 0 unspecified atom stereocenters. The van der Waals surface area contributed by atoms with Crippen molar-refractivity contribution >= 4 is 6.01 Å². The van der Waals surface area contributed by atoms with Gasteiger partial charge >= 0.3 is 6.01 Å². The lowest BCUT2D eigenvalue weighted by molar-refractivity contribution is 0.436. The molecule has 0 aliphatic heterocycles. The first kappa shape index (κ1) is 6.71. The van der Waals surface area contributed by atoms with Crippen molar-refractivity contribution in [1.29, 1.82) is 0 Å². The van der Waals surface area contributed by atoms with E-state index in [1.807, 2.05) is 0 Å². The number of hydrogen-bond acceptors (Lipinski definition) is 6. The van der Waals surface area contributed by atoms with Crippen molar-refractivity contribution in [2.45, 2.75) is 0 Å². The predicted molar refractivity (Wildman–Crippen MR) is 39.7 cm³/mol. The number of hydrogen-bond donors (Lipinski definition) is 1. The van der Waals surface area contributed by atoms with Crippen LogP contribution in [0.3, 0.4) is 0 Å². The second-order valence-electron chi connectivity index (χ2n) is 2.05. The Bertz CT molecular complexity index is 370. The minimum atomic E-state index is 0.0311. The maximum Gasteiger partial charge on any atom is 0.319 e. The number of nitrogens with zero attached hydrogens (tertiary/aromatic N) is 4. The molecule has 60 valence electrons. The molecule has 2 rings (SSSR count). The standard InChI is InChI=1S/C6H5N5O/c7-6-10-5(11-12-6)4-1-2-8-3-9-4/h1-3H,(H2,7,10,11). The minimum absolute atomic E-state index is 0.0311. The highest BCUT2D eigenvalue weighted by Gasteiger charge is 2.05. The Morgan fingerprint density at radius 3 is 2.92 bits per heavy atom. The van der Waals surface area contributed by atoms with Gasteiger partial charge in [0.2, 0.25) is 5.82 Å². The summed E-state index contributed by atoms with van der Waals surface area (Å²) >= 11 is 0. The highest BCUT2D eigenvalue weighted by Crippen LogP contribution is 2.11. The molecule has 6 nitrogen and oxygen atoms in total. The molecule has 0 amide bonds. The summed E-state index contributed by atoms with van der Waals surface area (Å²) in [6.45, 7) is 0. The Hall–Kier alpha value is -1.98. The van der Waals surface area contributed by atoms with E-state index in [0.717, 1.165) is 0 Å². The lowest BCUT2D eigenvalue weighted by atomic mass is 10.4. The molecule has 2 aromatic rings. The molecule has 0 saturated carbocycles. The van der Waals surface area contributed by atoms with Gasteiger partial charge in [0.15, 0.2) is 0 Å². The van der Waals surface area contributed by atoms with Crippen molar-refractivity contribution in [1.82, 2.24) is 20.1 Å². The third-order valence-corrected chi connectivity index (χ3v) is 1.25. The van der Waals surface area contributed by atoms with Gasteiger partial charge in [0.1, 0.15) is 12.0 Å². The first-order chi connectivity index (χ1) is 5.86. The van der Waals surface area contributed by atoms with Gasteiger partial charge in [0, 0.05) is 6.20 Å². The molecule has 0 spiro atoms. The molecule has 0 bridgehead atoms. The van der Waals surface area contributed by atoms with Crippen LogP contribution in [-0.2, 0) is 0 Å². The first-order valence-corrected chi connectivity index (χ1v) is 3.22. The van der Waals surface area contributed by atoms with Gasteiger partial charge in [-0.15, -0.1) is 0 Å². The Labute approximate surface area is 67.5 Å². The van der Waals surface area contributed by atoms with Crippen molar-refractivity contribution in [3.05, 3.63) is 18.6 Å². The summed E-state index contributed by atoms with van der Waals surface area (Å²) in [5.74, 6) is 0.370. The first-order valence-electron chi connectivity index (χ1n) is 3.22. The van der Waals surface area contributed by atoms with Crippen LogP contribution >= 0.6 is 0 Å². The second-order valence-corrected chi connectivity index (χ2v) is 2.05. The molecule has 2 aromatic heterocycles. The number of nitrogens with two attached hydrogens (primary N) is 1. The fraction of sp³-hybridized carbons (Fsp3) is 0.